The molecule has 0 spiro atoms. The molecule has 2 aromatic carbocycles. The van der Waals surface area contributed by atoms with Gasteiger partial charge in [-0.3, -0.25) is 0 Å². The summed E-state index contributed by atoms with van der Waals surface area (Å²) in [6, 6.07) is 15.8. The summed E-state index contributed by atoms with van der Waals surface area (Å²) in [4.78, 5) is 38.6. The Morgan fingerprint density at radius 2 is 1.09 bits per heavy atom. The van der Waals surface area contributed by atoms with Crippen molar-refractivity contribution in [2.24, 2.45) is 5.41 Å². The van der Waals surface area contributed by atoms with Gasteiger partial charge in [0.25, 0.3) is 0 Å². The van der Waals surface area contributed by atoms with Crippen molar-refractivity contribution in [3.05, 3.63) is 65.2 Å². The first-order chi connectivity index (χ1) is 20.9. The molecule has 43 heavy (non-hydrogen) atoms. The van der Waals surface area contributed by atoms with E-state index >= 15 is 0 Å². The summed E-state index contributed by atoms with van der Waals surface area (Å²) >= 11 is 0. The molecular weight excluding hydrogens is 586 g/mol. The van der Waals surface area contributed by atoms with Gasteiger partial charge in [-0.25, -0.2) is 0 Å². The molecule has 0 aliphatic carbocycles. The first kappa shape index (κ1) is 38.0. The molecule has 2 rings (SSSR count). The third-order valence-corrected chi connectivity index (χ3v) is 8.68. The molecule has 0 bridgehead atoms. The fraction of sp³-hybridized carbons (Fsp3) is 0.636. The van der Waals surface area contributed by atoms with Crippen molar-refractivity contribution in [2.75, 3.05) is 19.8 Å². The van der Waals surface area contributed by atoms with Crippen LogP contribution < -0.4 is 4.74 Å². The molecule has 0 aliphatic heterocycles. The average Bonchev–Trinajstić information content (AvgIpc) is 3.01. The molecule has 0 amide bonds. The summed E-state index contributed by atoms with van der Waals surface area (Å²) in [5.74, 6) is 0.666. The van der Waals surface area contributed by atoms with Crippen LogP contribution in [0.4, 0.5) is 0 Å². The van der Waals surface area contributed by atoms with Crippen LogP contribution in [0.5, 0.6) is 5.75 Å². The van der Waals surface area contributed by atoms with E-state index in [1.807, 2.05) is 36.4 Å². The maximum absolute atomic E-state index is 10.9. The smallest absolute Gasteiger partial charge is 0.327 e. The number of hydrogen-bond donors (Lipinski definition) is 5. The van der Waals surface area contributed by atoms with Gasteiger partial charge in [0.1, 0.15) is 11.9 Å². The van der Waals surface area contributed by atoms with E-state index in [2.05, 4.69) is 26.0 Å². The second kappa shape index (κ2) is 22.3. The summed E-state index contributed by atoms with van der Waals surface area (Å²) in [5, 5.41) is 10.9. The van der Waals surface area contributed by atoms with Gasteiger partial charge in [-0.15, -0.1) is 0 Å². The number of ether oxygens (including phenoxy) is 1. The lowest BCUT2D eigenvalue weighted by Crippen LogP contribution is -2.44. The molecule has 0 aliphatic rings. The standard InChI is InChI=1S/C33H54O8P2/c1-3-5-7-9-11-13-19-28-20-15-17-23-30(28)32(33(25-34,26-39-42(35)36)27-40-43(37)38)41-31-24-18-16-22-29(31)21-14-12-10-8-6-4-2/h15-18,20,22-24,32,34-38H,3-14,19,21,25-27H2,1-2H3. The van der Waals surface area contributed by atoms with Gasteiger partial charge in [-0.2, -0.15) is 0 Å². The molecule has 10 heteroatoms. The summed E-state index contributed by atoms with van der Waals surface area (Å²) in [6.07, 6.45) is 14.8. The van der Waals surface area contributed by atoms with Crippen LogP contribution in [0.25, 0.3) is 0 Å². The van der Waals surface area contributed by atoms with E-state index in [4.69, 9.17) is 13.8 Å². The SMILES string of the molecule is CCCCCCCCc1ccccc1OC(c1ccccc1CCCCCCCC)C(CO)(COP(O)O)COP(O)O. The van der Waals surface area contributed by atoms with Crippen LogP contribution in [0.3, 0.4) is 0 Å². The quantitative estimate of drug-likeness (QED) is 0.0545. The van der Waals surface area contributed by atoms with Crippen LogP contribution in [0.15, 0.2) is 48.5 Å². The third-order valence-electron chi connectivity index (χ3n) is 7.96. The van der Waals surface area contributed by atoms with E-state index in [1.54, 1.807) is 0 Å². The highest BCUT2D eigenvalue weighted by Crippen LogP contribution is 2.45. The number of aliphatic hydroxyl groups is 1. The van der Waals surface area contributed by atoms with Crippen LogP contribution in [-0.2, 0) is 21.9 Å². The van der Waals surface area contributed by atoms with Crippen molar-refractivity contribution in [1.82, 2.24) is 0 Å². The second-order valence-corrected chi connectivity index (χ2v) is 12.9. The number of hydrogen-bond acceptors (Lipinski definition) is 8. The van der Waals surface area contributed by atoms with Gasteiger partial charge in [0.05, 0.1) is 25.2 Å². The Labute approximate surface area is 261 Å². The zero-order chi connectivity index (χ0) is 31.3. The van der Waals surface area contributed by atoms with E-state index in [9.17, 15) is 24.7 Å². The average molecular weight is 641 g/mol. The van der Waals surface area contributed by atoms with E-state index < -0.39 is 35.3 Å². The van der Waals surface area contributed by atoms with Crippen LogP contribution in [-0.4, -0.2) is 44.5 Å². The van der Waals surface area contributed by atoms with Crippen LogP contribution in [0.1, 0.15) is 114 Å². The molecule has 0 fully saturated rings. The molecule has 0 saturated heterocycles. The van der Waals surface area contributed by atoms with E-state index in [0.29, 0.717) is 5.75 Å². The van der Waals surface area contributed by atoms with Gasteiger partial charge in [0, 0.05) is 0 Å². The molecule has 8 nitrogen and oxygen atoms in total. The van der Waals surface area contributed by atoms with Gasteiger partial charge in [0.15, 0.2) is 0 Å². The van der Waals surface area contributed by atoms with Crippen molar-refractivity contribution in [3.63, 3.8) is 0 Å². The van der Waals surface area contributed by atoms with Gasteiger partial charge in [0.2, 0.25) is 0 Å². The Kier molecular flexibility index (Phi) is 19.7. The first-order valence-electron chi connectivity index (χ1n) is 15.9. The Balaban J connectivity index is 2.45. The number of para-hydroxylation sites is 1. The third kappa shape index (κ3) is 14.2. The van der Waals surface area contributed by atoms with Crippen molar-refractivity contribution in [2.45, 2.75) is 110 Å². The summed E-state index contributed by atoms with van der Waals surface area (Å²) in [7, 11) is -5.47. The maximum atomic E-state index is 10.9. The largest absolute Gasteiger partial charge is 0.485 e. The Morgan fingerprint density at radius 1 is 0.628 bits per heavy atom. The summed E-state index contributed by atoms with van der Waals surface area (Å²) in [5.41, 5.74) is 1.55. The number of rotatable bonds is 25. The second-order valence-electron chi connectivity index (χ2n) is 11.4. The van der Waals surface area contributed by atoms with E-state index in [0.717, 1.165) is 55.2 Å². The lowest BCUT2D eigenvalue weighted by molar-refractivity contribution is -0.0659. The highest BCUT2D eigenvalue weighted by Gasteiger charge is 2.44. The van der Waals surface area contributed by atoms with Crippen molar-refractivity contribution < 1.29 is 38.5 Å². The minimum atomic E-state index is -2.74. The molecule has 5 N–H and O–H groups in total. The van der Waals surface area contributed by atoms with Gasteiger partial charge >= 0.3 is 17.2 Å². The van der Waals surface area contributed by atoms with Gasteiger partial charge < -0.3 is 38.5 Å². The fourth-order valence-electron chi connectivity index (χ4n) is 5.42. The van der Waals surface area contributed by atoms with Crippen LogP contribution in [0, 0.1) is 5.41 Å². The molecule has 1 atom stereocenters. The fourth-order valence-corrected chi connectivity index (χ4v) is 6.16. The molecular formula is C33H54O8P2. The van der Waals surface area contributed by atoms with Crippen molar-refractivity contribution >= 4 is 17.2 Å². The minimum absolute atomic E-state index is 0.332. The van der Waals surface area contributed by atoms with Gasteiger partial charge in [-0.05, 0) is 48.4 Å². The number of aryl methyl sites for hydroxylation is 2. The minimum Gasteiger partial charge on any atom is -0.485 e. The predicted octanol–water partition coefficient (Wildman–Crippen LogP) is 8.05. The Bertz CT molecular complexity index is 979. The van der Waals surface area contributed by atoms with Crippen molar-refractivity contribution in [1.29, 1.82) is 0 Å². The maximum Gasteiger partial charge on any atom is 0.327 e. The lowest BCUT2D eigenvalue weighted by atomic mass is 9.78. The zero-order valence-corrected chi connectivity index (χ0v) is 27.9. The monoisotopic (exact) mass is 640 g/mol. The normalized spacial score (nSPS) is 12.8. The predicted molar refractivity (Wildman–Crippen MR) is 175 cm³/mol. The summed E-state index contributed by atoms with van der Waals surface area (Å²) < 4.78 is 17.4. The highest BCUT2D eigenvalue weighted by atomic mass is 31.2. The van der Waals surface area contributed by atoms with Crippen LogP contribution in [0.2, 0.25) is 0 Å². The Hall–Kier alpha value is -1.18. The topological polar surface area (TPSA) is 129 Å². The summed E-state index contributed by atoms with van der Waals surface area (Å²) in [6.45, 7) is 3.23. The molecule has 244 valence electrons. The highest BCUT2D eigenvalue weighted by molar-refractivity contribution is 7.39. The zero-order valence-electron chi connectivity index (χ0n) is 26.1. The molecule has 0 radical (unpaired) electrons. The number of aliphatic hydroxyl groups excluding tert-OH is 1. The molecule has 0 saturated carbocycles. The number of benzene rings is 2. The number of unbranched alkanes of at least 4 members (excludes halogenated alkanes) is 10. The lowest BCUT2D eigenvalue weighted by Gasteiger charge is -2.40. The molecule has 0 heterocycles. The van der Waals surface area contributed by atoms with E-state index in [1.165, 1.54) is 51.4 Å². The molecule has 1 unspecified atom stereocenters. The van der Waals surface area contributed by atoms with Crippen LogP contribution >= 0.6 is 17.2 Å². The molecule has 0 aromatic heterocycles. The molecule has 2 aromatic rings. The Morgan fingerprint density at radius 3 is 1.63 bits per heavy atom. The van der Waals surface area contributed by atoms with E-state index in [-0.39, 0.29) is 13.2 Å². The van der Waals surface area contributed by atoms with Gasteiger partial charge in [-0.1, -0.05) is 121 Å². The first-order valence-corrected chi connectivity index (χ1v) is 18.2. The van der Waals surface area contributed by atoms with Crippen molar-refractivity contribution in [3.8, 4) is 5.75 Å².